The highest BCUT2D eigenvalue weighted by atomic mass is 16.5. The molecule has 0 aliphatic rings. The largest absolute Gasteiger partial charge is 0.347 e. The summed E-state index contributed by atoms with van der Waals surface area (Å²) in [6.07, 6.45) is 0. The number of aryl methyl sites for hydroxylation is 1. The average molecular weight is 312 g/mol. The fourth-order valence-corrected chi connectivity index (χ4v) is 2.39. The third kappa shape index (κ3) is 2.97. The first-order valence-electron chi connectivity index (χ1n) is 7.52. The molecule has 0 spiro atoms. The molecule has 0 amide bonds. The highest BCUT2D eigenvalue weighted by Gasteiger charge is 2.21. The number of nitrogens with one attached hydrogen (secondary N) is 1. The maximum atomic E-state index is 12.4. The molecule has 3 rings (SSSR count). The van der Waals surface area contributed by atoms with Crippen LogP contribution in [-0.2, 0) is 19.0 Å². The van der Waals surface area contributed by atoms with Crippen LogP contribution in [0.1, 0.15) is 32.2 Å². The van der Waals surface area contributed by atoms with E-state index in [4.69, 9.17) is 4.52 Å². The molecule has 0 unspecified atom stereocenters. The zero-order valence-corrected chi connectivity index (χ0v) is 13.8. The second-order valence-electron chi connectivity index (χ2n) is 6.62. The van der Waals surface area contributed by atoms with Crippen LogP contribution in [0.4, 0.5) is 5.95 Å². The van der Waals surface area contributed by atoms with Crippen molar-refractivity contribution >= 4 is 16.9 Å². The van der Waals surface area contributed by atoms with Crippen molar-refractivity contribution in [1.29, 1.82) is 0 Å². The summed E-state index contributed by atoms with van der Waals surface area (Å²) in [5, 5.41) is 7.99. The minimum atomic E-state index is -0.202. The number of hydrogen-bond acceptors (Lipinski definition) is 5. The van der Waals surface area contributed by atoms with Crippen molar-refractivity contribution in [3.05, 3.63) is 52.1 Å². The smallest absolute Gasteiger partial charge is 0.263 e. The highest BCUT2D eigenvalue weighted by molar-refractivity contribution is 5.79. The lowest BCUT2D eigenvalue weighted by atomic mass is 9.97. The molecule has 1 aromatic carbocycles. The molecule has 0 fully saturated rings. The molecular weight excluding hydrogens is 292 g/mol. The molecule has 120 valence electrons. The molecule has 6 nitrogen and oxygen atoms in total. The van der Waals surface area contributed by atoms with Gasteiger partial charge in [-0.25, -0.2) is 0 Å². The quantitative estimate of drug-likeness (QED) is 0.805. The normalized spacial score (nSPS) is 11.8. The lowest BCUT2D eigenvalue weighted by Gasteiger charge is -2.10. The fraction of sp³-hybridized carbons (Fsp3) is 0.353. The Labute approximate surface area is 134 Å². The van der Waals surface area contributed by atoms with E-state index in [0.717, 1.165) is 10.9 Å². The molecule has 6 heteroatoms. The van der Waals surface area contributed by atoms with E-state index in [2.05, 4.69) is 15.5 Å². The standard InChI is InChI=1S/C17H20N4O2/c1-17(2,3)15-19-16(20-23-15)18-10-12-9-11-7-5-6-8-13(11)21(4)14(12)22/h5-9H,10H2,1-4H3,(H,18,20). The first-order valence-corrected chi connectivity index (χ1v) is 7.52. The summed E-state index contributed by atoms with van der Waals surface area (Å²) in [6.45, 7) is 6.36. The summed E-state index contributed by atoms with van der Waals surface area (Å²) < 4.78 is 6.89. The number of para-hydroxylation sites is 1. The topological polar surface area (TPSA) is 73.0 Å². The third-order valence-electron chi connectivity index (χ3n) is 3.71. The number of anilines is 1. The molecule has 0 aliphatic heterocycles. The van der Waals surface area contributed by atoms with Gasteiger partial charge in [0.2, 0.25) is 5.89 Å². The van der Waals surface area contributed by atoms with Crippen molar-refractivity contribution in [2.45, 2.75) is 32.7 Å². The van der Waals surface area contributed by atoms with Crippen LogP contribution in [-0.4, -0.2) is 14.7 Å². The van der Waals surface area contributed by atoms with Crippen LogP contribution in [0.5, 0.6) is 0 Å². The van der Waals surface area contributed by atoms with Gasteiger partial charge in [0, 0.05) is 24.6 Å². The molecule has 0 bridgehead atoms. The Kier molecular flexibility index (Phi) is 3.67. The number of benzene rings is 1. The summed E-state index contributed by atoms with van der Waals surface area (Å²) in [5.74, 6) is 0.955. The van der Waals surface area contributed by atoms with Gasteiger partial charge >= 0.3 is 0 Å². The number of nitrogens with zero attached hydrogens (tertiary/aromatic N) is 3. The summed E-state index contributed by atoms with van der Waals surface area (Å²) in [4.78, 5) is 16.7. The first kappa shape index (κ1) is 15.3. The van der Waals surface area contributed by atoms with Crippen molar-refractivity contribution in [1.82, 2.24) is 14.7 Å². The molecule has 2 aromatic heterocycles. The van der Waals surface area contributed by atoms with Crippen molar-refractivity contribution < 1.29 is 4.52 Å². The van der Waals surface area contributed by atoms with Gasteiger partial charge in [-0.15, -0.1) is 0 Å². The van der Waals surface area contributed by atoms with Crippen molar-refractivity contribution in [3.63, 3.8) is 0 Å². The van der Waals surface area contributed by atoms with Gasteiger partial charge in [0.05, 0.1) is 5.52 Å². The van der Waals surface area contributed by atoms with Gasteiger partial charge in [-0.3, -0.25) is 4.79 Å². The molecular formula is C17H20N4O2. The van der Waals surface area contributed by atoms with Crippen LogP contribution in [0.15, 0.2) is 39.6 Å². The minimum absolute atomic E-state index is 0.0317. The van der Waals surface area contributed by atoms with Gasteiger partial charge in [0.15, 0.2) is 0 Å². The summed E-state index contributed by atoms with van der Waals surface area (Å²) in [7, 11) is 1.78. The maximum absolute atomic E-state index is 12.4. The van der Waals surface area contributed by atoms with Crippen LogP contribution in [0, 0.1) is 0 Å². The zero-order valence-electron chi connectivity index (χ0n) is 13.8. The van der Waals surface area contributed by atoms with Crippen molar-refractivity contribution in [2.24, 2.45) is 7.05 Å². The van der Waals surface area contributed by atoms with E-state index >= 15 is 0 Å². The van der Waals surface area contributed by atoms with E-state index in [0.29, 0.717) is 23.9 Å². The number of rotatable bonds is 3. The van der Waals surface area contributed by atoms with Crippen LogP contribution < -0.4 is 10.9 Å². The number of pyridine rings is 1. The zero-order chi connectivity index (χ0) is 16.6. The van der Waals surface area contributed by atoms with Crippen LogP contribution in [0.2, 0.25) is 0 Å². The van der Waals surface area contributed by atoms with Crippen LogP contribution >= 0.6 is 0 Å². The van der Waals surface area contributed by atoms with Crippen LogP contribution in [0.25, 0.3) is 10.9 Å². The molecule has 0 radical (unpaired) electrons. The van der Waals surface area contributed by atoms with Gasteiger partial charge in [-0.2, -0.15) is 4.98 Å². The number of aromatic nitrogens is 3. The van der Waals surface area contributed by atoms with Crippen molar-refractivity contribution in [3.8, 4) is 0 Å². The van der Waals surface area contributed by atoms with E-state index in [-0.39, 0.29) is 11.0 Å². The third-order valence-corrected chi connectivity index (χ3v) is 3.71. The Morgan fingerprint density at radius 1 is 1.26 bits per heavy atom. The molecule has 1 N–H and O–H groups in total. The second-order valence-corrected chi connectivity index (χ2v) is 6.62. The SMILES string of the molecule is Cn1c(=O)c(CNc2noc(C(C)(C)C)n2)cc2ccccc21. The van der Waals surface area contributed by atoms with E-state index in [1.807, 2.05) is 51.1 Å². The maximum Gasteiger partial charge on any atom is 0.263 e. The fourth-order valence-electron chi connectivity index (χ4n) is 2.39. The molecule has 0 atom stereocenters. The molecule has 0 aliphatic carbocycles. The summed E-state index contributed by atoms with van der Waals surface area (Å²) in [5.41, 5.74) is 1.34. The van der Waals surface area contributed by atoms with Gasteiger partial charge in [-0.05, 0) is 22.7 Å². The van der Waals surface area contributed by atoms with E-state index in [9.17, 15) is 4.79 Å². The summed E-state index contributed by atoms with van der Waals surface area (Å²) >= 11 is 0. The average Bonchev–Trinajstić information content (AvgIpc) is 2.99. The van der Waals surface area contributed by atoms with Gasteiger partial charge < -0.3 is 14.4 Å². The second kappa shape index (κ2) is 5.53. The molecule has 23 heavy (non-hydrogen) atoms. The minimum Gasteiger partial charge on any atom is -0.347 e. The Morgan fingerprint density at radius 2 is 2.00 bits per heavy atom. The Morgan fingerprint density at radius 3 is 2.70 bits per heavy atom. The number of hydrogen-bond donors (Lipinski definition) is 1. The lowest BCUT2D eigenvalue weighted by Crippen LogP contribution is -2.23. The highest BCUT2D eigenvalue weighted by Crippen LogP contribution is 2.21. The Bertz CT molecular complexity index is 903. The predicted octanol–water partition coefficient (Wildman–Crippen LogP) is 2.83. The Balaban J connectivity index is 1.86. The first-order chi connectivity index (χ1) is 10.9. The summed E-state index contributed by atoms with van der Waals surface area (Å²) in [6, 6.07) is 9.70. The predicted molar refractivity (Wildman–Crippen MR) is 89.5 cm³/mol. The molecule has 3 aromatic rings. The van der Waals surface area contributed by atoms with E-state index in [1.165, 1.54) is 0 Å². The van der Waals surface area contributed by atoms with Crippen molar-refractivity contribution in [2.75, 3.05) is 5.32 Å². The molecule has 0 saturated heterocycles. The monoisotopic (exact) mass is 312 g/mol. The van der Waals surface area contributed by atoms with E-state index in [1.54, 1.807) is 11.6 Å². The van der Waals surface area contributed by atoms with E-state index < -0.39 is 0 Å². The molecule has 2 heterocycles. The van der Waals surface area contributed by atoms with Crippen LogP contribution in [0.3, 0.4) is 0 Å². The van der Waals surface area contributed by atoms with Gasteiger partial charge in [0.25, 0.3) is 11.5 Å². The number of fused-ring (bicyclic) bond motifs is 1. The molecule has 0 saturated carbocycles. The van der Waals surface area contributed by atoms with Gasteiger partial charge in [0.1, 0.15) is 0 Å². The Hall–Kier alpha value is -2.63. The van der Waals surface area contributed by atoms with Gasteiger partial charge in [-0.1, -0.05) is 39.0 Å². The lowest BCUT2D eigenvalue weighted by molar-refractivity contribution is 0.321.